The molecule has 1 spiro atoms. The molecule has 284 valence electrons. The van der Waals surface area contributed by atoms with E-state index in [2.05, 4.69) is 208 Å². The maximum atomic E-state index is 4.22. The van der Waals surface area contributed by atoms with Gasteiger partial charge in [-0.3, -0.25) is 0 Å². The molecule has 11 aromatic rings. The summed E-state index contributed by atoms with van der Waals surface area (Å²) < 4.78 is 1.28. The van der Waals surface area contributed by atoms with Crippen LogP contribution in [0.4, 0.5) is 0 Å². The third kappa shape index (κ3) is 4.64. The van der Waals surface area contributed by atoms with Gasteiger partial charge >= 0.3 is 0 Å². The fourth-order valence-electron chi connectivity index (χ4n) is 11.2. The molecule has 0 aliphatic heterocycles. The first-order valence-corrected chi connectivity index (χ1v) is 22.0. The van der Waals surface area contributed by atoms with Crippen LogP contribution in [-0.2, 0) is 5.41 Å². The lowest BCUT2D eigenvalue weighted by molar-refractivity contribution is 0.796. The third-order valence-electron chi connectivity index (χ3n) is 13.7. The highest BCUT2D eigenvalue weighted by molar-refractivity contribution is 7.20. The summed E-state index contributed by atoms with van der Waals surface area (Å²) in [5, 5.41) is 11.3. The molecule has 0 fully saturated rings. The summed E-state index contributed by atoms with van der Waals surface area (Å²) in [4.78, 5) is 1.25. The zero-order valence-electron chi connectivity index (χ0n) is 33.7. The first-order valence-electron chi connectivity index (χ1n) is 21.2. The van der Waals surface area contributed by atoms with Gasteiger partial charge in [-0.1, -0.05) is 158 Å². The van der Waals surface area contributed by atoms with Gasteiger partial charge in [-0.15, -0.1) is 11.3 Å². The normalized spacial score (nSPS) is 13.5. The molecule has 0 bridgehead atoms. The number of hydrogen-bond acceptors (Lipinski definition) is 1. The monoisotopic (exact) mass is 790 g/mol. The van der Waals surface area contributed by atoms with Crippen molar-refractivity contribution in [3.05, 3.63) is 227 Å². The molecular formula is C60H38S. The Morgan fingerprint density at radius 3 is 1.51 bits per heavy atom. The van der Waals surface area contributed by atoms with Crippen LogP contribution in [0.5, 0.6) is 0 Å². The van der Waals surface area contributed by atoms with Gasteiger partial charge in [0.1, 0.15) is 0 Å². The Bertz CT molecular complexity index is 3640. The van der Waals surface area contributed by atoms with Gasteiger partial charge in [0.25, 0.3) is 0 Å². The SMILES string of the molecule is C=Cc1c(/C=C\C)sc2ccc(-c3c4ccccc4c(-c4ccc5cc6c(cc5c4)C4(c5ccccc5-c5ccccc54)c4cc5ccccc5cc4-6)c4ccccc34)cc12. The Morgan fingerprint density at radius 1 is 0.426 bits per heavy atom. The molecule has 10 aromatic carbocycles. The van der Waals surface area contributed by atoms with E-state index in [0.717, 1.165) is 0 Å². The zero-order chi connectivity index (χ0) is 40.4. The van der Waals surface area contributed by atoms with Crippen LogP contribution in [0.3, 0.4) is 0 Å². The minimum atomic E-state index is -0.421. The van der Waals surface area contributed by atoms with Crippen LogP contribution in [0.15, 0.2) is 195 Å². The van der Waals surface area contributed by atoms with Gasteiger partial charge in [0, 0.05) is 15.0 Å². The van der Waals surface area contributed by atoms with Crippen molar-refractivity contribution in [1.29, 1.82) is 0 Å². The van der Waals surface area contributed by atoms with E-state index in [9.17, 15) is 0 Å². The van der Waals surface area contributed by atoms with E-state index in [1.807, 2.05) is 17.4 Å². The molecule has 0 N–H and O–H groups in total. The summed E-state index contributed by atoms with van der Waals surface area (Å²) in [6, 6.07) is 69.2. The molecule has 0 saturated heterocycles. The van der Waals surface area contributed by atoms with E-state index in [0.29, 0.717) is 0 Å². The lowest BCUT2D eigenvalue weighted by Crippen LogP contribution is -2.25. The molecule has 1 heteroatoms. The van der Waals surface area contributed by atoms with Crippen LogP contribution in [0, 0.1) is 0 Å². The number of thiophene rings is 1. The van der Waals surface area contributed by atoms with Crippen molar-refractivity contribution < 1.29 is 0 Å². The van der Waals surface area contributed by atoms with Crippen molar-refractivity contribution in [1.82, 2.24) is 0 Å². The van der Waals surface area contributed by atoms with Gasteiger partial charge in [-0.25, -0.2) is 0 Å². The van der Waals surface area contributed by atoms with E-state index in [1.54, 1.807) is 0 Å². The number of benzene rings is 10. The molecule has 1 heterocycles. The van der Waals surface area contributed by atoms with Gasteiger partial charge in [0.2, 0.25) is 0 Å². The van der Waals surface area contributed by atoms with E-state index in [-0.39, 0.29) is 0 Å². The molecule has 0 amide bonds. The molecule has 61 heavy (non-hydrogen) atoms. The minimum Gasteiger partial charge on any atom is -0.135 e. The summed E-state index contributed by atoms with van der Waals surface area (Å²) in [7, 11) is 0. The highest BCUT2D eigenvalue weighted by Gasteiger charge is 2.51. The van der Waals surface area contributed by atoms with Gasteiger partial charge in [-0.2, -0.15) is 0 Å². The second kappa shape index (κ2) is 12.8. The minimum absolute atomic E-state index is 0.421. The molecule has 2 aliphatic rings. The Morgan fingerprint density at radius 2 is 0.918 bits per heavy atom. The summed E-state index contributed by atoms with van der Waals surface area (Å²) in [6.07, 6.45) is 6.33. The molecule has 13 rings (SSSR count). The highest BCUT2D eigenvalue weighted by Crippen LogP contribution is 2.63. The highest BCUT2D eigenvalue weighted by atomic mass is 32.1. The third-order valence-corrected chi connectivity index (χ3v) is 14.9. The van der Waals surface area contributed by atoms with Crippen molar-refractivity contribution >= 4 is 76.7 Å². The van der Waals surface area contributed by atoms with Crippen molar-refractivity contribution in [3.63, 3.8) is 0 Å². The van der Waals surface area contributed by atoms with E-state index in [1.165, 1.54) is 130 Å². The molecular weight excluding hydrogens is 753 g/mol. The number of hydrogen-bond donors (Lipinski definition) is 0. The van der Waals surface area contributed by atoms with Crippen molar-refractivity contribution in [2.24, 2.45) is 0 Å². The molecule has 0 unspecified atom stereocenters. The number of allylic oxidation sites excluding steroid dienone is 1. The lowest BCUT2D eigenvalue weighted by Gasteiger charge is -2.30. The quantitative estimate of drug-likeness (QED) is 0.156. The summed E-state index contributed by atoms with van der Waals surface area (Å²) in [6.45, 7) is 6.30. The van der Waals surface area contributed by atoms with Crippen molar-refractivity contribution in [3.8, 4) is 44.5 Å². The average molecular weight is 791 g/mol. The van der Waals surface area contributed by atoms with E-state index in [4.69, 9.17) is 0 Å². The van der Waals surface area contributed by atoms with Crippen LogP contribution < -0.4 is 0 Å². The Balaban J connectivity index is 1.07. The molecule has 0 radical (unpaired) electrons. The van der Waals surface area contributed by atoms with E-state index >= 15 is 0 Å². The number of rotatable bonds is 4. The van der Waals surface area contributed by atoms with Gasteiger partial charge in [-0.05, 0) is 171 Å². The summed E-state index contributed by atoms with van der Waals surface area (Å²) in [5.74, 6) is 0. The maximum absolute atomic E-state index is 4.22. The standard InChI is InChI=1S/C60H38S/c1-3-15-56-42(4-2)51-33-40(28-29-57(51)61-56)59-47-22-9-7-20-45(47)58(46-21-8-10-23-48(46)59)39-27-26-38-32-50-49-31-36-16-5-6-17-37(36)34-54(49)60(55(50)35-41(38)30-39)52-24-13-11-18-43(52)44-19-12-14-25-53(44)60/h3-35H,2H2,1H3/b15-3-. The molecule has 1 aromatic heterocycles. The van der Waals surface area contributed by atoms with Crippen molar-refractivity contribution in [2.45, 2.75) is 12.3 Å². The number of fused-ring (bicyclic) bond motifs is 15. The first kappa shape index (κ1) is 34.5. The molecule has 2 aliphatic carbocycles. The van der Waals surface area contributed by atoms with E-state index < -0.39 is 5.41 Å². The lowest BCUT2D eigenvalue weighted by atomic mass is 9.70. The van der Waals surface area contributed by atoms with Crippen molar-refractivity contribution in [2.75, 3.05) is 0 Å². The molecule has 0 atom stereocenters. The Kier molecular flexibility index (Phi) is 7.27. The second-order valence-electron chi connectivity index (χ2n) is 16.7. The van der Waals surface area contributed by atoms with Gasteiger partial charge in [0.15, 0.2) is 0 Å². The van der Waals surface area contributed by atoms with Gasteiger partial charge < -0.3 is 0 Å². The topological polar surface area (TPSA) is 0 Å². The zero-order valence-corrected chi connectivity index (χ0v) is 34.5. The predicted octanol–water partition coefficient (Wildman–Crippen LogP) is 16.9. The first-order chi connectivity index (χ1) is 30.1. The average Bonchev–Trinajstić information content (AvgIpc) is 3.91. The van der Waals surface area contributed by atoms with Crippen LogP contribution in [0.2, 0.25) is 0 Å². The van der Waals surface area contributed by atoms with Crippen LogP contribution in [0.1, 0.15) is 39.6 Å². The second-order valence-corrected chi connectivity index (χ2v) is 17.8. The van der Waals surface area contributed by atoms with Gasteiger partial charge in [0.05, 0.1) is 5.41 Å². The summed E-state index contributed by atoms with van der Waals surface area (Å²) in [5.41, 5.74) is 16.6. The van der Waals surface area contributed by atoms with Crippen LogP contribution in [0.25, 0.3) is 110 Å². The molecule has 0 nitrogen and oxygen atoms in total. The smallest absolute Gasteiger partial charge is 0.0725 e. The maximum Gasteiger partial charge on any atom is 0.0725 e. The van der Waals surface area contributed by atoms with Crippen LogP contribution in [-0.4, -0.2) is 0 Å². The largest absolute Gasteiger partial charge is 0.135 e. The fourth-order valence-corrected chi connectivity index (χ4v) is 12.4. The van der Waals surface area contributed by atoms with Crippen LogP contribution >= 0.6 is 11.3 Å². The Labute approximate surface area is 359 Å². The fraction of sp³-hybridized carbons (Fsp3) is 0.0333. The summed E-state index contributed by atoms with van der Waals surface area (Å²) >= 11 is 1.83. The molecule has 0 saturated carbocycles. The predicted molar refractivity (Wildman–Crippen MR) is 264 cm³/mol. The Hall–Kier alpha value is -7.32.